The molecule has 1 aromatic rings. The summed E-state index contributed by atoms with van der Waals surface area (Å²) in [6.45, 7) is 0.376. The average Bonchev–Trinajstić information content (AvgIpc) is 2.46. The number of hydrogen-bond donors (Lipinski definition) is 2. The molecular formula is C15H24N4O2. The Labute approximate surface area is 126 Å². The Morgan fingerprint density at radius 1 is 1.05 bits per heavy atom. The molecular weight excluding hydrogens is 268 g/mol. The zero-order chi connectivity index (χ0) is 16.0. The molecule has 2 amide bonds. The predicted octanol–water partition coefficient (Wildman–Crippen LogP) is 0.218. The fourth-order valence-corrected chi connectivity index (χ4v) is 1.98. The molecule has 0 heterocycles. The monoisotopic (exact) mass is 292 g/mol. The van der Waals surface area contributed by atoms with E-state index >= 15 is 0 Å². The summed E-state index contributed by atoms with van der Waals surface area (Å²) >= 11 is 0. The molecule has 0 unspecified atom stereocenters. The van der Waals surface area contributed by atoms with E-state index in [2.05, 4.69) is 10.6 Å². The van der Waals surface area contributed by atoms with Gasteiger partial charge in [-0.05, 0) is 31.8 Å². The van der Waals surface area contributed by atoms with E-state index in [1.165, 1.54) is 7.05 Å². The quantitative estimate of drug-likeness (QED) is 0.762. The molecule has 0 saturated carbocycles. The van der Waals surface area contributed by atoms with E-state index < -0.39 is 11.8 Å². The van der Waals surface area contributed by atoms with E-state index in [1.807, 2.05) is 62.3 Å². The van der Waals surface area contributed by atoms with Crippen molar-refractivity contribution in [3.05, 3.63) is 29.8 Å². The van der Waals surface area contributed by atoms with Crippen LogP contribution in [0, 0.1) is 0 Å². The summed E-state index contributed by atoms with van der Waals surface area (Å²) in [6.07, 6.45) is 0. The summed E-state index contributed by atoms with van der Waals surface area (Å²) < 4.78 is 0. The Balaban J connectivity index is 2.77. The average molecular weight is 292 g/mol. The van der Waals surface area contributed by atoms with Gasteiger partial charge in [-0.25, -0.2) is 0 Å². The molecule has 0 saturated heterocycles. The summed E-state index contributed by atoms with van der Waals surface area (Å²) in [5.41, 5.74) is 2.20. The minimum Gasteiger partial charge on any atom is -0.378 e. The first-order valence-electron chi connectivity index (χ1n) is 6.80. The highest BCUT2D eigenvalue weighted by Gasteiger charge is 2.17. The van der Waals surface area contributed by atoms with Crippen molar-refractivity contribution in [3.8, 4) is 0 Å². The van der Waals surface area contributed by atoms with E-state index in [4.69, 9.17) is 0 Å². The topological polar surface area (TPSA) is 64.7 Å². The number of amides is 2. The van der Waals surface area contributed by atoms with Crippen LogP contribution in [-0.2, 0) is 9.59 Å². The van der Waals surface area contributed by atoms with E-state index in [0.717, 1.165) is 11.3 Å². The zero-order valence-corrected chi connectivity index (χ0v) is 13.3. The van der Waals surface area contributed by atoms with Gasteiger partial charge in [0.1, 0.15) is 0 Å². The number of hydrogen-bond acceptors (Lipinski definition) is 4. The first kappa shape index (κ1) is 17.0. The molecule has 2 N–H and O–H groups in total. The summed E-state index contributed by atoms with van der Waals surface area (Å²) in [4.78, 5) is 26.8. The fraction of sp³-hybridized carbons (Fsp3) is 0.467. The van der Waals surface area contributed by atoms with Gasteiger partial charge < -0.3 is 20.4 Å². The van der Waals surface area contributed by atoms with Crippen LogP contribution >= 0.6 is 0 Å². The molecule has 0 radical (unpaired) electrons. The smallest absolute Gasteiger partial charge is 0.309 e. The number of rotatable bonds is 5. The fourth-order valence-electron chi connectivity index (χ4n) is 1.98. The van der Waals surface area contributed by atoms with Crippen LogP contribution in [0.3, 0.4) is 0 Å². The molecule has 0 aromatic heterocycles. The predicted molar refractivity (Wildman–Crippen MR) is 84.3 cm³/mol. The highest BCUT2D eigenvalue weighted by atomic mass is 16.2. The van der Waals surface area contributed by atoms with Gasteiger partial charge in [0.25, 0.3) is 0 Å². The Kier molecular flexibility index (Phi) is 6.17. The third kappa shape index (κ3) is 4.75. The lowest BCUT2D eigenvalue weighted by Gasteiger charge is -2.25. The summed E-state index contributed by atoms with van der Waals surface area (Å²) in [5.74, 6) is -1.25. The third-order valence-electron chi connectivity index (χ3n) is 3.31. The van der Waals surface area contributed by atoms with Gasteiger partial charge in [0.2, 0.25) is 0 Å². The largest absolute Gasteiger partial charge is 0.378 e. The standard InChI is InChI=1S/C15H24N4O2/c1-16-14(20)15(21)17-10-13(19(4)5)11-6-8-12(9-7-11)18(2)3/h6-9,13H,10H2,1-5H3,(H,16,20)(H,17,21)/t13-/m1/s1. The maximum absolute atomic E-state index is 11.5. The van der Waals surface area contributed by atoms with Crippen molar-refractivity contribution in [3.63, 3.8) is 0 Å². The maximum Gasteiger partial charge on any atom is 0.309 e. The molecule has 21 heavy (non-hydrogen) atoms. The summed E-state index contributed by atoms with van der Waals surface area (Å²) in [7, 11) is 9.29. The van der Waals surface area contributed by atoms with Gasteiger partial charge in [0.05, 0.1) is 6.04 Å². The SMILES string of the molecule is CNC(=O)C(=O)NC[C@H](c1ccc(N(C)C)cc1)N(C)C. The number of carbonyl (C=O) groups is 2. The molecule has 0 aliphatic heterocycles. The number of likely N-dealkylation sites (N-methyl/N-ethyl adjacent to an activating group) is 2. The van der Waals surface area contributed by atoms with Crippen LogP contribution < -0.4 is 15.5 Å². The second-order valence-corrected chi connectivity index (χ2v) is 5.25. The normalized spacial score (nSPS) is 11.9. The lowest BCUT2D eigenvalue weighted by atomic mass is 10.1. The first-order valence-corrected chi connectivity index (χ1v) is 6.80. The van der Waals surface area contributed by atoms with Gasteiger partial charge in [-0.3, -0.25) is 9.59 Å². The second-order valence-electron chi connectivity index (χ2n) is 5.25. The number of nitrogens with one attached hydrogen (secondary N) is 2. The van der Waals surface area contributed by atoms with Crippen molar-refractivity contribution in [1.82, 2.24) is 15.5 Å². The van der Waals surface area contributed by atoms with Gasteiger partial charge in [-0.2, -0.15) is 0 Å². The van der Waals surface area contributed by atoms with Crippen LogP contribution in [0.1, 0.15) is 11.6 Å². The van der Waals surface area contributed by atoms with Crippen molar-refractivity contribution in [2.24, 2.45) is 0 Å². The molecule has 0 spiro atoms. The van der Waals surface area contributed by atoms with Crippen LogP contribution in [0.25, 0.3) is 0 Å². The van der Waals surface area contributed by atoms with Gasteiger partial charge in [-0.15, -0.1) is 0 Å². The number of benzene rings is 1. The Hall–Kier alpha value is -2.08. The van der Waals surface area contributed by atoms with Crippen LogP contribution in [-0.4, -0.2) is 58.5 Å². The van der Waals surface area contributed by atoms with Crippen LogP contribution in [0.2, 0.25) is 0 Å². The molecule has 1 rings (SSSR count). The molecule has 1 atom stereocenters. The van der Waals surface area contributed by atoms with Crippen LogP contribution in [0.5, 0.6) is 0 Å². The zero-order valence-electron chi connectivity index (χ0n) is 13.3. The van der Waals surface area contributed by atoms with Crippen molar-refractivity contribution in [2.75, 3.05) is 46.7 Å². The third-order valence-corrected chi connectivity index (χ3v) is 3.31. The van der Waals surface area contributed by atoms with Crippen LogP contribution in [0.15, 0.2) is 24.3 Å². The van der Waals surface area contributed by atoms with E-state index in [0.29, 0.717) is 6.54 Å². The Morgan fingerprint density at radius 2 is 1.62 bits per heavy atom. The molecule has 6 heteroatoms. The Bertz CT molecular complexity index is 483. The molecule has 0 bridgehead atoms. The minimum absolute atomic E-state index is 0.00909. The number of carbonyl (C=O) groups excluding carboxylic acids is 2. The van der Waals surface area contributed by atoms with Gasteiger partial charge in [-0.1, -0.05) is 12.1 Å². The molecule has 0 fully saturated rings. The lowest BCUT2D eigenvalue weighted by molar-refractivity contribution is -0.139. The lowest BCUT2D eigenvalue weighted by Crippen LogP contribution is -2.42. The van der Waals surface area contributed by atoms with Crippen molar-refractivity contribution in [1.29, 1.82) is 0 Å². The van der Waals surface area contributed by atoms with Crippen molar-refractivity contribution >= 4 is 17.5 Å². The van der Waals surface area contributed by atoms with Gasteiger partial charge >= 0.3 is 11.8 Å². The highest BCUT2D eigenvalue weighted by molar-refractivity contribution is 6.35. The van der Waals surface area contributed by atoms with Crippen molar-refractivity contribution in [2.45, 2.75) is 6.04 Å². The minimum atomic E-state index is -0.629. The molecule has 0 aliphatic rings. The van der Waals surface area contributed by atoms with Crippen molar-refractivity contribution < 1.29 is 9.59 Å². The summed E-state index contributed by atoms with van der Waals surface area (Å²) in [5, 5.41) is 4.95. The number of anilines is 1. The number of nitrogens with zero attached hydrogens (tertiary/aromatic N) is 2. The highest BCUT2D eigenvalue weighted by Crippen LogP contribution is 2.20. The van der Waals surface area contributed by atoms with Gasteiger partial charge in [0.15, 0.2) is 0 Å². The second kappa shape index (κ2) is 7.64. The van der Waals surface area contributed by atoms with E-state index in [9.17, 15) is 9.59 Å². The maximum atomic E-state index is 11.5. The molecule has 0 aliphatic carbocycles. The molecule has 6 nitrogen and oxygen atoms in total. The van der Waals surface area contributed by atoms with E-state index in [-0.39, 0.29) is 6.04 Å². The summed E-state index contributed by atoms with van der Waals surface area (Å²) in [6, 6.07) is 8.14. The van der Waals surface area contributed by atoms with Gasteiger partial charge in [0, 0.05) is 33.4 Å². The molecule has 1 aromatic carbocycles. The van der Waals surface area contributed by atoms with Crippen LogP contribution in [0.4, 0.5) is 5.69 Å². The van der Waals surface area contributed by atoms with E-state index in [1.54, 1.807) is 0 Å². The first-order chi connectivity index (χ1) is 9.86. The Morgan fingerprint density at radius 3 is 2.05 bits per heavy atom. The molecule has 116 valence electrons.